The average Bonchev–Trinajstić information content (AvgIpc) is 2.37. The van der Waals surface area contributed by atoms with Crippen molar-refractivity contribution in [2.24, 2.45) is 5.92 Å². The van der Waals surface area contributed by atoms with Gasteiger partial charge >= 0.3 is 0 Å². The SMILES string of the molecule is CC1COc2ccccc2C1NCC(O)C(F)F. The summed E-state index contributed by atoms with van der Waals surface area (Å²) in [4.78, 5) is 0. The maximum absolute atomic E-state index is 12.3. The molecule has 3 nitrogen and oxygen atoms in total. The minimum atomic E-state index is -2.72. The second kappa shape index (κ2) is 5.63. The third-order valence-corrected chi connectivity index (χ3v) is 3.16. The van der Waals surface area contributed by atoms with Gasteiger partial charge in [-0.15, -0.1) is 0 Å². The Kier molecular flexibility index (Phi) is 4.14. The van der Waals surface area contributed by atoms with Crippen LogP contribution in [-0.2, 0) is 0 Å². The van der Waals surface area contributed by atoms with Crippen LogP contribution in [0.2, 0.25) is 0 Å². The summed E-state index contributed by atoms with van der Waals surface area (Å²) < 4.78 is 30.1. The number of aliphatic hydroxyl groups excluding tert-OH is 1. The third kappa shape index (κ3) is 2.79. The fraction of sp³-hybridized carbons (Fsp3) is 0.538. The number of fused-ring (bicyclic) bond motifs is 1. The maximum atomic E-state index is 12.3. The first-order valence-corrected chi connectivity index (χ1v) is 6.01. The van der Waals surface area contributed by atoms with Crippen LogP contribution in [0.5, 0.6) is 5.75 Å². The van der Waals surface area contributed by atoms with Gasteiger partial charge in [-0.2, -0.15) is 0 Å². The second-order valence-corrected chi connectivity index (χ2v) is 4.61. The molecule has 0 saturated heterocycles. The topological polar surface area (TPSA) is 41.5 Å². The zero-order chi connectivity index (χ0) is 13.1. The Hall–Kier alpha value is -1.20. The van der Waals surface area contributed by atoms with Crippen molar-refractivity contribution in [1.29, 1.82) is 0 Å². The fourth-order valence-corrected chi connectivity index (χ4v) is 2.14. The Morgan fingerprint density at radius 3 is 2.89 bits per heavy atom. The highest BCUT2D eigenvalue weighted by atomic mass is 19.3. The van der Waals surface area contributed by atoms with E-state index in [4.69, 9.17) is 9.84 Å². The van der Waals surface area contributed by atoms with Crippen molar-refractivity contribution in [3.05, 3.63) is 29.8 Å². The number of nitrogens with one attached hydrogen (secondary N) is 1. The number of hydrogen-bond donors (Lipinski definition) is 2. The summed E-state index contributed by atoms with van der Waals surface area (Å²) in [6.45, 7) is 2.41. The highest BCUT2D eigenvalue weighted by Crippen LogP contribution is 2.34. The Bertz CT molecular complexity index is 400. The molecule has 0 radical (unpaired) electrons. The molecule has 1 heterocycles. The molecule has 0 aliphatic carbocycles. The summed E-state index contributed by atoms with van der Waals surface area (Å²) in [5, 5.41) is 12.1. The number of hydrogen-bond acceptors (Lipinski definition) is 3. The molecule has 0 aromatic heterocycles. The van der Waals surface area contributed by atoms with Crippen LogP contribution in [0, 0.1) is 5.92 Å². The lowest BCUT2D eigenvalue weighted by molar-refractivity contribution is -0.00647. The van der Waals surface area contributed by atoms with Crippen molar-refractivity contribution in [3.8, 4) is 5.75 Å². The van der Waals surface area contributed by atoms with E-state index in [1.54, 1.807) is 0 Å². The number of halogens is 2. The number of benzene rings is 1. The molecular weight excluding hydrogens is 240 g/mol. The molecule has 1 aliphatic rings. The predicted octanol–water partition coefficient (Wildman–Crippen LogP) is 1.97. The number of aliphatic hydroxyl groups is 1. The second-order valence-electron chi connectivity index (χ2n) is 4.61. The predicted molar refractivity (Wildman–Crippen MR) is 63.9 cm³/mol. The molecule has 0 bridgehead atoms. The number of para-hydroxylation sites is 1. The van der Waals surface area contributed by atoms with E-state index in [1.807, 2.05) is 31.2 Å². The monoisotopic (exact) mass is 257 g/mol. The molecule has 100 valence electrons. The van der Waals surface area contributed by atoms with Gasteiger partial charge in [0.1, 0.15) is 11.9 Å². The quantitative estimate of drug-likeness (QED) is 0.866. The van der Waals surface area contributed by atoms with Crippen molar-refractivity contribution in [3.63, 3.8) is 0 Å². The smallest absolute Gasteiger partial charge is 0.265 e. The van der Waals surface area contributed by atoms with E-state index in [-0.39, 0.29) is 18.5 Å². The largest absolute Gasteiger partial charge is 0.493 e. The summed E-state index contributed by atoms with van der Waals surface area (Å²) in [5.74, 6) is 0.949. The van der Waals surface area contributed by atoms with Gasteiger partial charge in [0.05, 0.1) is 6.61 Å². The van der Waals surface area contributed by atoms with Crippen molar-refractivity contribution in [1.82, 2.24) is 5.32 Å². The van der Waals surface area contributed by atoms with Crippen molar-refractivity contribution in [2.45, 2.75) is 25.5 Å². The van der Waals surface area contributed by atoms with Crippen LogP contribution in [0.3, 0.4) is 0 Å². The van der Waals surface area contributed by atoms with Crippen molar-refractivity contribution >= 4 is 0 Å². The molecule has 1 aromatic rings. The van der Waals surface area contributed by atoms with Gasteiger partial charge in [0.15, 0.2) is 0 Å². The fourth-order valence-electron chi connectivity index (χ4n) is 2.14. The summed E-state index contributed by atoms with van der Waals surface area (Å²) in [7, 11) is 0. The number of rotatable bonds is 4. The molecule has 5 heteroatoms. The van der Waals surface area contributed by atoms with Gasteiger partial charge in [0, 0.05) is 24.1 Å². The van der Waals surface area contributed by atoms with E-state index in [0.717, 1.165) is 11.3 Å². The first kappa shape index (κ1) is 13.2. The molecule has 3 unspecified atom stereocenters. The highest BCUT2D eigenvalue weighted by Gasteiger charge is 2.28. The standard InChI is InChI=1S/C13H17F2NO2/c1-8-7-18-11-5-3-2-4-9(11)12(8)16-6-10(17)13(14)15/h2-5,8,10,12-13,16-17H,6-7H2,1H3. The van der Waals surface area contributed by atoms with E-state index in [9.17, 15) is 8.78 Å². The van der Waals surface area contributed by atoms with Crippen molar-refractivity contribution < 1.29 is 18.6 Å². The summed E-state index contributed by atoms with van der Waals surface area (Å²) in [6.07, 6.45) is -4.35. The zero-order valence-corrected chi connectivity index (χ0v) is 10.1. The van der Waals surface area contributed by atoms with E-state index >= 15 is 0 Å². The van der Waals surface area contributed by atoms with Gasteiger partial charge in [-0.05, 0) is 6.07 Å². The van der Waals surface area contributed by atoms with E-state index in [0.29, 0.717) is 6.61 Å². The molecule has 0 fully saturated rings. The molecule has 1 aromatic carbocycles. The Morgan fingerprint density at radius 2 is 2.17 bits per heavy atom. The minimum Gasteiger partial charge on any atom is -0.493 e. The van der Waals surface area contributed by atoms with E-state index in [2.05, 4.69) is 5.32 Å². The molecule has 3 atom stereocenters. The van der Waals surface area contributed by atoms with Crippen LogP contribution in [0.25, 0.3) is 0 Å². The van der Waals surface area contributed by atoms with E-state index < -0.39 is 12.5 Å². The molecule has 1 aliphatic heterocycles. The zero-order valence-electron chi connectivity index (χ0n) is 10.1. The number of ether oxygens (including phenoxy) is 1. The van der Waals surface area contributed by atoms with Gasteiger partial charge in [-0.1, -0.05) is 25.1 Å². The average molecular weight is 257 g/mol. The Morgan fingerprint density at radius 1 is 1.44 bits per heavy atom. The molecule has 0 amide bonds. The Balaban J connectivity index is 2.07. The van der Waals surface area contributed by atoms with Crippen LogP contribution < -0.4 is 10.1 Å². The summed E-state index contributed by atoms with van der Waals surface area (Å²) in [5.41, 5.74) is 0.956. The van der Waals surface area contributed by atoms with Crippen LogP contribution in [0.15, 0.2) is 24.3 Å². The van der Waals surface area contributed by atoms with Gasteiger partial charge in [-0.3, -0.25) is 0 Å². The van der Waals surface area contributed by atoms with Gasteiger partial charge in [0.2, 0.25) is 0 Å². The lowest BCUT2D eigenvalue weighted by Crippen LogP contribution is -2.39. The number of alkyl halides is 2. The molecule has 0 saturated carbocycles. The Labute approximate surface area is 105 Å². The van der Waals surface area contributed by atoms with Crippen LogP contribution >= 0.6 is 0 Å². The molecule has 0 spiro atoms. The minimum absolute atomic E-state index is 0.0663. The molecule has 2 N–H and O–H groups in total. The lowest BCUT2D eigenvalue weighted by atomic mass is 9.92. The maximum Gasteiger partial charge on any atom is 0.265 e. The highest BCUT2D eigenvalue weighted by molar-refractivity contribution is 5.37. The summed E-state index contributed by atoms with van der Waals surface area (Å²) >= 11 is 0. The molecule has 2 rings (SSSR count). The first-order chi connectivity index (χ1) is 8.59. The van der Waals surface area contributed by atoms with Gasteiger partial charge < -0.3 is 15.2 Å². The van der Waals surface area contributed by atoms with Crippen LogP contribution in [-0.4, -0.2) is 30.8 Å². The lowest BCUT2D eigenvalue weighted by Gasteiger charge is -2.32. The van der Waals surface area contributed by atoms with Gasteiger partial charge in [-0.25, -0.2) is 8.78 Å². The third-order valence-electron chi connectivity index (χ3n) is 3.16. The van der Waals surface area contributed by atoms with Crippen LogP contribution in [0.1, 0.15) is 18.5 Å². The van der Waals surface area contributed by atoms with Crippen molar-refractivity contribution in [2.75, 3.05) is 13.2 Å². The first-order valence-electron chi connectivity index (χ1n) is 6.01. The van der Waals surface area contributed by atoms with Crippen LogP contribution in [0.4, 0.5) is 8.78 Å². The molecular formula is C13H17F2NO2. The summed E-state index contributed by atoms with van der Waals surface area (Å²) in [6, 6.07) is 7.47. The van der Waals surface area contributed by atoms with Gasteiger partial charge in [0.25, 0.3) is 6.43 Å². The molecule has 18 heavy (non-hydrogen) atoms. The normalized spacial score (nSPS) is 24.5. The van der Waals surface area contributed by atoms with E-state index in [1.165, 1.54) is 0 Å².